The first kappa shape index (κ1) is 8.87. The van der Waals surface area contributed by atoms with E-state index in [2.05, 4.69) is 5.32 Å². The van der Waals surface area contributed by atoms with E-state index in [1.54, 1.807) is 0 Å². The van der Waals surface area contributed by atoms with Gasteiger partial charge in [-0.1, -0.05) is 0 Å². The maximum Gasteiger partial charge on any atom is 0.239 e. The van der Waals surface area contributed by atoms with Gasteiger partial charge in [-0.2, -0.15) is 0 Å². The fourth-order valence-electron chi connectivity index (χ4n) is 1.51. The van der Waals surface area contributed by atoms with Gasteiger partial charge in [-0.3, -0.25) is 0 Å². The minimum absolute atomic E-state index is 0.0182. The van der Waals surface area contributed by atoms with Crippen molar-refractivity contribution in [2.24, 2.45) is 11.8 Å². The Morgan fingerprint density at radius 3 is 2.55 bits per heavy atom. The molecule has 0 saturated carbocycles. The second kappa shape index (κ2) is 3.97. The van der Waals surface area contributed by atoms with E-state index in [1.807, 2.05) is 0 Å². The predicted molar refractivity (Wildman–Crippen MR) is 37.6 cm³/mol. The van der Waals surface area contributed by atoms with Crippen molar-refractivity contribution >= 4 is 0 Å². The fraction of sp³-hybridized carbons (Fsp3) is 1.00. The van der Waals surface area contributed by atoms with Crippen molar-refractivity contribution in [1.82, 2.24) is 5.32 Å². The molecular formula is C7H13F2NO. The highest BCUT2D eigenvalue weighted by Gasteiger charge is 2.28. The van der Waals surface area contributed by atoms with Crippen LogP contribution >= 0.6 is 0 Å². The van der Waals surface area contributed by atoms with E-state index >= 15 is 0 Å². The molecule has 0 radical (unpaired) electrons. The third kappa shape index (κ3) is 2.38. The second-order valence-electron chi connectivity index (χ2n) is 2.99. The average molecular weight is 165 g/mol. The van der Waals surface area contributed by atoms with Gasteiger partial charge in [-0.15, -0.1) is 0 Å². The van der Waals surface area contributed by atoms with Crippen molar-refractivity contribution < 1.29 is 13.9 Å². The lowest BCUT2D eigenvalue weighted by molar-refractivity contribution is 0.0963. The van der Waals surface area contributed by atoms with Crippen LogP contribution in [0, 0.1) is 11.8 Å². The van der Waals surface area contributed by atoms with Crippen molar-refractivity contribution in [3.63, 3.8) is 0 Å². The molecule has 2 N–H and O–H groups in total. The molecule has 1 heterocycles. The summed E-state index contributed by atoms with van der Waals surface area (Å²) in [7, 11) is 0. The highest BCUT2D eigenvalue weighted by Crippen LogP contribution is 2.22. The van der Waals surface area contributed by atoms with E-state index < -0.39 is 6.43 Å². The molecule has 11 heavy (non-hydrogen) atoms. The zero-order valence-electron chi connectivity index (χ0n) is 6.26. The molecule has 1 fully saturated rings. The van der Waals surface area contributed by atoms with Crippen LogP contribution in [0.5, 0.6) is 0 Å². The van der Waals surface area contributed by atoms with Gasteiger partial charge in [0, 0.05) is 19.6 Å². The van der Waals surface area contributed by atoms with Gasteiger partial charge in [0.1, 0.15) is 0 Å². The number of aliphatic hydroxyl groups excluding tert-OH is 1. The Bertz CT molecular complexity index is 121. The Morgan fingerprint density at radius 2 is 2.00 bits per heavy atom. The molecule has 1 aliphatic rings. The van der Waals surface area contributed by atoms with Crippen LogP contribution < -0.4 is 5.32 Å². The van der Waals surface area contributed by atoms with E-state index in [0.29, 0.717) is 13.1 Å². The molecule has 0 aromatic heterocycles. The molecule has 0 aromatic carbocycles. The summed E-state index contributed by atoms with van der Waals surface area (Å²) in [5.41, 5.74) is 0. The molecule has 2 nitrogen and oxygen atoms in total. The van der Waals surface area contributed by atoms with Crippen LogP contribution in [0.25, 0.3) is 0 Å². The number of nitrogens with one attached hydrogen (secondary N) is 1. The van der Waals surface area contributed by atoms with Gasteiger partial charge < -0.3 is 10.4 Å². The summed E-state index contributed by atoms with van der Waals surface area (Å²) in [6.45, 7) is 1.31. The SMILES string of the molecule is OCC1CNCC1CC(F)F. The summed E-state index contributed by atoms with van der Waals surface area (Å²) < 4.78 is 23.8. The molecule has 0 spiro atoms. The van der Waals surface area contributed by atoms with Crippen LogP contribution in [-0.2, 0) is 0 Å². The van der Waals surface area contributed by atoms with Crippen LogP contribution in [0.2, 0.25) is 0 Å². The summed E-state index contributed by atoms with van der Waals surface area (Å²) in [6, 6.07) is 0. The van der Waals surface area contributed by atoms with E-state index in [-0.39, 0.29) is 24.9 Å². The molecule has 1 aliphatic heterocycles. The Morgan fingerprint density at radius 1 is 1.36 bits per heavy atom. The van der Waals surface area contributed by atoms with Gasteiger partial charge in [0.15, 0.2) is 0 Å². The van der Waals surface area contributed by atoms with Gasteiger partial charge in [-0.25, -0.2) is 8.78 Å². The number of hydrogen-bond acceptors (Lipinski definition) is 2. The van der Waals surface area contributed by atoms with E-state index in [4.69, 9.17) is 5.11 Å². The lowest BCUT2D eigenvalue weighted by atomic mass is 9.94. The van der Waals surface area contributed by atoms with E-state index in [1.165, 1.54) is 0 Å². The molecule has 2 unspecified atom stereocenters. The first-order valence-electron chi connectivity index (χ1n) is 3.83. The number of aliphatic hydroxyl groups is 1. The minimum Gasteiger partial charge on any atom is -0.396 e. The smallest absolute Gasteiger partial charge is 0.239 e. The standard InChI is InChI=1S/C7H13F2NO/c8-7(9)1-5-2-10-3-6(5)4-11/h5-7,10-11H,1-4H2. The average Bonchev–Trinajstić information content (AvgIpc) is 2.34. The Hall–Kier alpha value is -0.220. The normalized spacial score (nSPS) is 31.6. The van der Waals surface area contributed by atoms with Crippen molar-refractivity contribution in [3.05, 3.63) is 0 Å². The zero-order valence-corrected chi connectivity index (χ0v) is 6.26. The topological polar surface area (TPSA) is 32.3 Å². The first-order valence-corrected chi connectivity index (χ1v) is 3.83. The largest absolute Gasteiger partial charge is 0.396 e. The molecule has 1 rings (SSSR count). The van der Waals surface area contributed by atoms with Gasteiger partial charge in [-0.05, 0) is 18.4 Å². The number of rotatable bonds is 3. The summed E-state index contributed by atoms with van der Waals surface area (Å²) in [5.74, 6) is -0.0102. The number of halogens is 2. The molecule has 0 aliphatic carbocycles. The molecule has 1 saturated heterocycles. The van der Waals surface area contributed by atoms with Crippen LogP contribution in [0.15, 0.2) is 0 Å². The van der Waals surface area contributed by atoms with Crippen LogP contribution in [0.4, 0.5) is 8.78 Å². The molecule has 0 bridgehead atoms. The highest BCUT2D eigenvalue weighted by molar-refractivity contribution is 4.80. The van der Waals surface area contributed by atoms with Gasteiger partial charge in [0.25, 0.3) is 0 Å². The van der Waals surface area contributed by atoms with Crippen molar-refractivity contribution in [2.75, 3.05) is 19.7 Å². The van der Waals surface area contributed by atoms with Crippen molar-refractivity contribution in [2.45, 2.75) is 12.8 Å². The second-order valence-corrected chi connectivity index (χ2v) is 2.99. The van der Waals surface area contributed by atoms with Gasteiger partial charge in [0.2, 0.25) is 6.43 Å². The first-order chi connectivity index (χ1) is 5.24. The van der Waals surface area contributed by atoms with E-state index in [9.17, 15) is 8.78 Å². The molecule has 2 atom stereocenters. The number of alkyl halides is 2. The summed E-state index contributed by atoms with van der Waals surface area (Å²) in [6.07, 6.45) is -2.33. The van der Waals surface area contributed by atoms with Gasteiger partial charge >= 0.3 is 0 Å². The molecule has 4 heteroatoms. The fourth-order valence-corrected chi connectivity index (χ4v) is 1.51. The Kier molecular flexibility index (Phi) is 3.20. The van der Waals surface area contributed by atoms with Crippen LogP contribution in [0.1, 0.15) is 6.42 Å². The van der Waals surface area contributed by atoms with Crippen molar-refractivity contribution in [1.29, 1.82) is 0 Å². The lowest BCUT2D eigenvalue weighted by Crippen LogP contribution is -2.18. The molecular weight excluding hydrogens is 152 g/mol. The molecule has 66 valence electrons. The van der Waals surface area contributed by atoms with Crippen LogP contribution in [-0.4, -0.2) is 31.2 Å². The minimum atomic E-state index is -2.24. The lowest BCUT2D eigenvalue weighted by Gasteiger charge is -2.14. The predicted octanol–water partition coefficient (Wildman–Crippen LogP) is 0.470. The molecule has 0 aromatic rings. The Labute approximate surface area is 64.6 Å². The third-order valence-corrected chi connectivity index (χ3v) is 2.20. The third-order valence-electron chi connectivity index (χ3n) is 2.20. The van der Waals surface area contributed by atoms with Crippen molar-refractivity contribution in [3.8, 4) is 0 Å². The Balaban J connectivity index is 2.31. The van der Waals surface area contributed by atoms with Gasteiger partial charge in [0.05, 0.1) is 0 Å². The summed E-state index contributed by atoms with van der Waals surface area (Å²) >= 11 is 0. The summed E-state index contributed by atoms with van der Waals surface area (Å²) in [4.78, 5) is 0. The monoisotopic (exact) mass is 165 g/mol. The van der Waals surface area contributed by atoms with E-state index in [0.717, 1.165) is 0 Å². The number of hydrogen-bond donors (Lipinski definition) is 2. The zero-order chi connectivity index (χ0) is 8.27. The van der Waals surface area contributed by atoms with Crippen LogP contribution in [0.3, 0.4) is 0 Å². The maximum absolute atomic E-state index is 11.9. The highest BCUT2D eigenvalue weighted by atomic mass is 19.3. The maximum atomic E-state index is 11.9. The quantitative estimate of drug-likeness (QED) is 0.637. The molecule has 0 amide bonds. The summed E-state index contributed by atoms with van der Waals surface area (Å²) in [5, 5.41) is 11.7.